The Morgan fingerprint density at radius 1 is 0.655 bits per heavy atom. The first kappa shape index (κ1) is 40.1. The van der Waals surface area contributed by atoms with Crippen LogP contribution < -0.4 is 20.7 Å². The van der Waals surface area contributed by atoms with Gasteiger partial charge in [-0.15, -0.1) is 0 Å². The molecule has 4 N–H and O–H groups in total. The molecule has 0 aliphatic rings. The highest BCUT2D eigenvalue weighted by Gasteiger charge is 2.29. The van der Waals surface area contributed by atoms with Crippen LogP contribution in [0.1, 0.15) is 62.1 Å². The Labute approximate surface area is 322 Å². The minimum Gasteiger partial charge on any atom is -0.494 e. The van der Waals surface area contributed by atoms with Gasteiger partial charge in [-0.2, -0.15) is 0 Å². The molecule has 11 heteroatoms. The molecule has 5 rings (SSSR count). The molecule has 11 nitrogen and oxygen atoms in total. The van der Waals surface area contributed by atoms with Crippen molar-refractivity contribution in [2.45, 2.75) is 83.2 Å². The number of carbonyl (C=O) groups is 4. The van der Waals surface area contributed by atoms with Crippen LogP contribution in [0.5, 0.6) is 5.75 Å². The predicted molar refractivity (Wildman–Crippen MR) is 211 cm³/mol. The number of alkyl carbamates (subject to hydrolysis) is 1. The highest BCUT2D eigenvalue weighted by atomic mass is 16.5. The van der Waals surface area contributed by atoms with E-state index < -0.39 is 42.0 Å². The molecule has 0 saturated carbocycles. The SMILES string of the molecule is CCCC[C@H](NC(=O)[C@H](Cc1c[nH]c2ccccc12)NC(=O)OCc1ccccc1)C(=O)N[C@H](CCCOc1ccccc1)CC(=O)OCc1ccccc1. The standard InChI is InChI=1S/C44H50N4O7/c1-2-3-24-39(42(50)46-35(20-15-26-53-36-21-11-6-12-22-36)28-41(49)54-30-32-16-7-4-8-17-32)47-43(51)40(27-34-29-45-38-25-14-13-23-37(34)38)48-44(52)55-31-33-18-9-5-10-19-33/h4-14,16-19,21-23,25,29,35,39-40,45H,2-3,15,20,24,26-28,30-31H2,1H3,(H,46,50)(H,47,51)(H,48,52)/t35-,39+,40+/m1/s1. The number of para-hydroxylation sites is 2. The van der Waals surface area contributed by atoms with Crippen molar-refractivity contribution in [2.75, 3.05) is 6.61 Å². The van der Waals surface area contributed by atoms with Crippen LogP contribution in [0.2, 0.25) is 0 Å². The van der Waals surface area contributed by atoms with Crippen LogP contribution in [-0.2, 0) is 43.5 Å². The van der Waals surface area contributed by atoms with Gasteiger partial charge in [0.15, 0.2) is 0 Å². The second kappa shape index (κ2) is 21.6. The Morgan fingerprint density at radius 2 is 1.27 bits per heavy atom. The minimum absolute atomic E-state index is 0.0290. The number of rotatable bonds is 21. The number of unbranched alkanes of at least 4 members (excludes halogenated alkanes) is 1. The summed E-state index contributed by atoms with van der Waals surface area (Å²) >= 11 is 0. The molecule has 3 amide bonds. The van der Waals surface area contributed by atoms with E-state index in [1.165, 1.54) is 0 Å². The lowest BCUT2D eigenvalue weighted by atomic mass is 10.0. The van der Waals surface area contributed by atoms with Gasteiger partial charge in [-0.25, -0.2) is 4.79 Å². The van der Waals surface area contributed by atoms with Gasteiger partial charge in [0.2, 0.25) is 11.8 Å². The minimum atomic E-state index is -1.06. The molecule has 0 fully saturated rings. The Hall–Kier alpha value is -6.10. The van der Waals surface area contributed by atoms with Gasteiger partial charge >= 0.3 is 12.1 Å². The molecule has 1 heterocycles. The summed E-state index contributed by atoms with van der Waals surface area (Å²) in [6, 6.07) is 33.2. The van der Waals surface area contributed by atoms with Gasteiger partial charge in [0.1, 0.15) is 31.0 Å². The van der Waals surface area contributed by atoms with Crippen LogP contribution in [0.15, 0.2) is 121 Å². The van der Waals surface area contributed by atoms with E-state index in [1.807, 2.05) is 128 Å². The van der Waals surface area contributed by atoms with E-state index in [0.717, 1.165) is 39.8 Å². The van der Waals surface area contributed by atoms with Crippen molar-refractivity contribution in [3.63, 3.8) is 0 Å². The molecule has 0 bridgehead atoms. The van der Waals surface area contributed by atoms with Crippen LogP contribution in [0.4, 0.5) is 4.79 Å². The fraction of sp³-hybridized carbons (Fsp3) is 0.318. The van der Waals surface area contributed by atoms with E-state index >= 15 is 0 Å². The van der Waals surface area contributed by atoms with Gasteiger partial charge in [0.05, 0.1) is 13.0 Å². The molecule has 0 radical (unpaired) electrons. The zero-order chi connectivity index (χ0) is 38.7. The number of amides is 3. The summed E-state index contributed by atoms with van der Waals surface area (Å²) in [6.45, 7) is 2.53. The van der Waals surface area contributed by atoms with Gasteiger partial charge < -0.3 is 35.1 Å². The van der Waals surface area contributed by atoms with E-state index in [1.54, 1.807) is 0 Å². The summed E-state index contributed by atoms with van der Waals surface area (Å²) in [5.74, 6) is -0.686. The molecule has 55 heavy (non-hydrogen) atoms. The first-order chi connectivity index (χ1) is 26.9. The number of carbonyl (C=O) groups excluding carboxylic acids is 4. The second-order valence-corrected chi connectivity index (χ2v) is 13.4. The Balaban J connectivity index is 1.27. The van der Waals surface area contributed by atoms with E-state index in [-0.39, 0.29) is 26.1 Å². The topological polar surface area (TPSA) is 148 Å². The smallest absolute Gasteiger partial charge is 0.408 e. The van der Waals surface area contributed by atoms with Crippen LogP contribution in [0, 0.1) is 0 Å². The lowest BCUT2D eigenvalue weighted by molar-refractivity contribution is -0.145. The summed E-state index contributed by atoms with van der Waals surface area (Å²) in [5.41, 5.74) is 3.37. The third-order valence-corrected chi connectivity index (χ3v) is 9.11. The molecule has 4 aromatic carbocycles. The third-order valence-electron chi connectivity index (χ3n) is 9.11. The maximum absolute atomic E-state index is 14.1. The number of fused-ring (bicyclic) bond motifs is 1. The molecule has 1 aromatic heterocycles. The van der Waals surface area contributed by atoms with E-state index in [2.05, 4.69) is 20.9 Å². The van der Waals surface area contributed by atoms with Crippen molar-refractivity contribution in [1.82, 2.24) is 20.9 Å². The number of benzene rings is 4. The first-order valence-corrected chi connectivity index (χ1v) is 18.9. The number of esters is 1. The lowest BCUT2D eigenvalue weighted by Crippen LogP contribution is -2.55. The fourth-order valence-electron chi connectivity index (χ4n) is 6.15. The third kappa shape index (κ3) is 13.4. The van der Waals surface area contributed by atoms with E-state index in [9.17, 15) is 19.2 Å². The fourth-order valence-corrected chi connectivity index (χ4v) is 6.15. The number of nitrogens with one attached hydrogen (secondary N) is 4. The van der Waals surface area contributed by atoms with E-state index in [0.29, 0.717) is 32.3 Å². The Kier molecular flexibility index (Phi) is 15.7. The highest BCUT2D eigenvalue weighted by molar-refractivity contribution is 5.92. The molecule has 288 valence electrons. The average molecular weight is 747 g/mol. The van der Waals surface area contributed by atoms with Gasteiger partial charge in [0.25, 0.3) is 0 Å². The number of aromatic amines is 1. The highest BCUT2D eigenvalue weighted by Crippen LogP contribution is 2.20. The van der Waals surface area contributed by atoms with Gasteiger partial charge in [0, 0.05) is 29.6 Å². The Bertz CT molecular complexity index is 1940. The number of aromatic nitrogens is 1. The van der Waals surface area contributed by atoms with Crippen molar-refractivity contribution in [2.24, 2.45) is 0 Å². The zero-order valence-electron chi connectivity index (χ0n) is 31.2. The largest absolute Gasteiger partial charge is 0.494 e. The van der Waals surface area contributed by atoms with Crippen LogP contribution in [-0.4, -0.2) is 53.6 Å². The average Bonchev–Trinajstić information content (AvgIpc) is 3.62. The van der Waals surface area contributed by atoms with Crippen LogP contribution in [0.25, 0.3) is 10.9 Å². The van der Waals surface area contributed by atoms with Gasteiger partial charge in [-0.1, -0.05) is 117 Å². The number of hydrogen-bond donors (Lipinski definition) is 4. The normalized spacial score (nSPS) is 12.5. The summed E-state index contributed by atoms with van der Waals surface area (Å²) < 4.78 is 16.9. The lowest BCUT2D eigenvalue weighted by Gasteiger charge is -2.25. The first-order valence-electron chi connectivity index (χ1n) is 18.9. The Morgan fingerprint density at radius 3 is 1.96 bits per heavy atom. The molecule has 3 atom stereocenters. The van der Waals surface area contributed by atoms with Crippen molar-refractivity contribution >= 4 is 34.8 Å². The number of ether oxygens (including phenoxy) is 3. The molecule has 0 aliphatic heterocycles. The van der Waals surface area contributed by atoms with Crippen molar-refractivity contribution in [3.05, 3.63) is 138 Å². The summed E-state index contributed by atoms with van der Waals surface area (Å²) in [5, 5.41) is 9.59. The monoisotopic (exact) mass is 746 g/mol. The molecule has 0 spiro atoms. The summed E-state index contributed by atoms with van der Waals surface area (Å²) in [6.07, 6.45) is 3.93. The zero-order valence-corrected chi connectivity index (χ0v) is 31.2. The van der Waals surface area contributed by atoms with Crippen LogP contribution >= 0.6 is 0 Å². The number of H-pyrrole nitrogens is 1. The van der Waals surface area contributed by atoms with Gasteiger partial charge in [-0.3, -0.25) is 14.4 Å². The van der Waals surface area contributed by atoms with Crippen LogP contribution in [0.3, 0.4) is 0 Å². The molecule has 0 unspecified atom stereocenters. The van der Waals surface area contributed by atoms with Crippen molar-refractivity contribution in [3.8, 4) is 5.75 Å². The predicted octanol–water partition coefficient (Wildman–Crippen LogP) is 7.16. The maximum atomic E-state index is 14.1. The molecule has 5 aromatic rings. The second-order valence-electron chi connectivity index (χ2n) is 13.4. The van der Waals surface area contributed by atoms with E-state index in [4.69, 9.17) is 14.2 Å². The molecular weight excluding hydrogens is 697 g/mol. The van der Waals surface area contributed by atoms with Crippen molar-refractivity contribution in [1.29, 1.82) is 0 Å². The van der Waals surface area contributed by atoms with Gasteiger partial charge in [-0.05, 0) is 54.2 Å². The molecular formula is C44H50N4O7. The molecule has 0 saturated heterocycles. The number of hydrogen-bond acceptors (Lipinski definition) is 7. The molecule has 0 aliphatic carbocycles. The maximum Gasteiger partial charge on any atom is 0.408 e. The van der Waals surface area contributed by atoms with Crippen molar-refractivity contribution < 1.29 is 33.4 Å². The quantitative estimate of drug-likeness (QED) is 0.0460. The summed E-state index contributed by atoms with van der Waals surface area (Å²) in [7, 11) is 0. The summed E-state index contributed by atoms with van der Waals surface area (Å²) in [4.78, 5) is 57.4.